The molecular weight excluding hydrogens is 365 g/mol. The van der Waals surface area contributed by atoms with Crippen LogP contribution in [0.15, 0.2) is 46.1 Å². The molecule has 7 nitrogen and oxygen atoms in total. The lowest BCUT2D eigenvalue weighted by Crippen LogP contribution is -2.31. The number of ether oxygens (including phenoxy) is 1. The van der Waals surface area contributed by atoms with Crippen LogP contribution in [0.3, 0.4) is 0 Å². The summed E-state index contributed by atoms with van der Waals surface area (Å²) in [5.74, 6) is -0.0785. The van der Waals surface area contributed by atoms with Gasteiger partial charge in [-0.05, 0) is 25.1 Å². The van der Waals surface area contributed by atoms with Crippen LogP contribution in [0.2, 0.25) is 0 Å². The van der Waals surface area contributed by atoms with Crippen LogP contribution in [-0.4, -0.2) is 26.6 Å². The molecule has 3 rings (SSSR count). The number of aryl methyl sites for hydroxylation is 1. The van der Waals surface area contributed by atoms with Crippen molar-refractivity contribution in [3.8, 4) is 23.0 Å². The smallest absolute Gasteiger partial charge is 0.433 e. The number of H-pyrrole nitrogens is 1. The van der Waals surface area contributed by atoms with Gasteiger partial charge in [-0.3, -0.25) is 9.78 Å². The first-order chi connectivity index (χ1) is 12.7. The van der Waals surface area contributed by atoms with Gasteiger partial charge in [0.05, 0.1) is 12.8 Å². The van der Waals surface area contributed by atoms with Crippen LogP contribution in [0.25, 0.3) is 17.2 Å². The molecule has 0 atom stereocenters. The number of methoxy groups -OCH3 is 1. The first kappa shape index (κ1) is 18.4. The van der Waals surface area contributed by atoms with Gasteiger partial charge < -0.3 is 4.74 Å². The van der Waals surface area contributed by atoms with E-state index in [2.05, 4.69) is 9.97 Å². The summed E-state index contributed by atoms with van der Waals surface area (Å²) in [5.41, 5.74) is -2.39. The number of hydrogen-bond acceptors (Lipinski definition) is 5. The quantitative estimate of drug-likeness (QED) is 0.756. The maximum absolute atomic E-state index is 13.3. The summed E-state index contributed by atoms with van der Waals surface area (Å²) >= 11 is 0. The highest BCUT2D eigenvalue weighted by Crippen LogP contribution is 2.31. The summed E-state index contributed by atoms with van der Waals surface area (Å²) < 4.78 is 45.8. The van der Waals surface area contributed by atoms with Gasteiger partial charge in [0.1, 0.15) is 5.75 Å². The van der Waals surface area contributed by atoms with Gasteiger partial charge in [0, 0.05) is 17.3 Å². The molecule has 0 aliphatic carbocycles. The minimum atomic E-state index is -4.76. The van der Waals surface area contributed by atoms with Gasteiger partial charge in [0.2, 0.25) is 5.95 Å². The van der Waals surface area contributed by atoms with Crippen LogP contribution in [0.4, 0.5) is 13.2 Å². The summed E-state index contributed by atoms with van der Waals surface area (Å²) in [7, 11) is 1.42. The molecule has 0 unspecified atom stereocenters. The Bertz CT molecular complexity index is 1120. The molecule has 0 radical (unpaired) electrons. The third-order valence-corrected chi connectivity index (χ3v) is 3.71. The number of nitrogens with one attached hydrogen (secondary N) is 1. The van der Waals surface area contributed by atoms with E-state index >= 15 is 0 Å². The van der Waals surface area contributed by atoms with Crippen molar-refractivity contribution in [2.45, 2.75) is 13.1 Å². The average Bonchev–Trinajstić information content (AvgIpc) is 2.63. The molecule has 0 amide bonds. The summed E-state index contributed by atoms with van der Waals surface area (Å²) in [6.07, 6.45) is -3.67. The summed E-state index contributed by atoms with van der Waals surface area (Å²) in [5, 5.41) is 0. The lowest BCUT2D eigenvalue weighted by atomic mass is 10.1. The molecule has 2 heterocycles. The molecule has 3 aromatic rings. The fourth-order valence-corrected chi connectivity index (χ4v) is 2.33. The van der Waals surface area contributed by atoms with Gasteiger partial charge >= 0.3 is 11.9 Å². The van der Waals surface area contributed by atoms with E-state index in [1.165, 1.54) is 20.1 Å². The average molecular weight is 378 g/mol. The zero-order valence-corrected chi connectivity index (χ0v) is 14.2. The predicted octanol–water partition coefficient (Wildman–Crippen LogP) is 2.32. The molecule has 27 heavy (non-hydrogen) atoms. The van der Waals surface area contributed by atoms with Crippen molar-refractivity contribution in [3.05, 3.63) is 68.6 Å². The van der Waals surface area contributed by atoms with E-state index in [1.54, 1.807) is 18.2 Å². The second-order valence-corrected chi connectivity index (χ2v) is 5.61. The van der Waals surface area contributed by atoms with E-state index in [9.17, 15) is 22.8 Å². The van der Waals surface area contributed by atoms with Gasteiger partial charge in [-0.15, -0.1) is 0 Å². The zero-order valence-electron chi connectivity index (χ0n) is 14.2. The predicted molar refractivity (Wildman–Crippen MR) is 90.0 cm³/mol. The van der Waals surface area contributed by atoms with E-state index in [1.807, 2.05) is 4.98 Å². The van der Waals surface area contributed by atoms with Crippen LogP contribution in [-0.2, 0) is 6.18 Å². The highest BCUT2D eigenvalue weighted by Gasteiger charge is 2.34. The van der Waals surface area contributed by atoms with Crippen molar-refractivity contribution in [1.29, 1.82) is 0 Å². The topological polar surface area (TPSA) is 89.9 Å². The molecule has 0 bridgehead atoms. The highest BCUT2D eigenvalue weighted by molar-refractivity contribution is 5.62. The number of rotatable bonds is 3. The van der Waals surface area contributed by atoms with Crippen molar-refractivity contribution >= 4 is 0 Å². The van der Waals surface area contributed by atoms with Crippen LogP contribution in [0.5, 0.6) is 5.75 Å². The van der Waals surface area contributed by atoms with Gasteiger partial charge in [-0.1, -0.05) is 12.1 Å². The van der Waals surface area contributed by atoms with E-state index in [0.29, 0.717) is 11.3 Å². The molecule has 10 heteroatoms. The van der Waals surface area contributed by atoms with Crippen LogP contribution in [0, 0.1) is 6.92 Å². The van der Waals surface area contributed by atoms with Crippen molar-refractivity contribution in [2.75, 3.05) is 7.11 Å². The molecule has 140 valence electrons. The second kappa shape index (κ2) is 6.71. The fraction of sp³-hybridized carbons (Fsp3) is 0.176. The fourth-order valence-electron chi connectivity index (χ4n) is 2.33. The lowest BCUT2D eigenvalue weighted by molar-refractivity contribution is -0.141. The van der Waals surface area contributed by atoms with E-state index < -0.39 is 29.1 Å². The maximum Gasteiger partial charge on any atom is 0.433 e. The highest BCUT2D eigenvalue weighted by atomic mass is 19.4. The Labute approximate surface area is 150 Å². The number of aromatic nitrogens is 4. The molecule has 1 aromatic carbocycles. The normalized spacial score (nSPS) is 11.4. The largest absolute Gasteiger partial charge is 0.497 e. The Balaban J connectivity index is 2.28. The number of nitrogens with zero attached hydrogens (tertiary/aromatic N) is 3. The van der Waals surface area contributed by atoms with Crippen LogP contribution in [0.1, 0.15) is 11.3 Å². The van der Waals surface area contributed by atoms with Gasteiger partial charge in [-0.25, -0.2) is 19.3 Å². The van der Waals surface area contributed by atoms with Gasteiger partial charge in [-0.2, -0.15) is 13.2 Å². The SMILES string of the molecule is COc1cccc(-c2cc(C(F)(F)F)nc(-n3cc(C)c(=O)[nH]c3=O)n2)c1. The van der Waals surface area contributed by atoms with Crippen molar-refractivity contribution in [2.24, 2.45) is 0 Å². The van der Waals surface area contributed by atoms with Crippen molar-refractivity contribution < 1.29 is 17.9 Å². The second-order valence-electron chi connectivity index (χ2n) is 5.61. The molecule has 0 saturated carbocycles. The number of hydrogen-bond donors (Lipinski definition) is 1. The Morgan fingerprint density at radius 1 is 1.15 bits per heavy atom. The maximum atomic E-state index is 13.3. The Morgan fingerprint density at radius 3 is 2.56 bits per heavy atom. The summed E-state index contributed by atoms with van der Waals surface area (Å²) in [6, 6.07) is 7.07. The number of alkyl halides is 3. The van der Waals surface area contributed by atoms with E-state index in [0.717, 1.165) is 16.8 Å². The summed E-state index contributed by atoms with van der Waals surface area (Å²) in [6.45, 7) is 1.41. The molecule has 0 aliphatic rings. The minimum absolute atomic E-state index is 0.0537. The Hall–Kier alpha value is -3.43. The monoisotopic (exact) mass is 378 g/mol. The zero-order chi connectivity index (χ0) is 19.8. The molecule has 2 aromatic heterocycles. The first-order valence-corrected chi connectivity index (χ1v) is 7.62. The molecule has 0 aliphatic heterocycles. The molecular formula is C17H13F3N4O3. The van der Waals surface area contributed by atoms with Crippen molar-refractivity contribution in [1.82, 2.24) is 19.5 Å². The molecule has 1 N–H and O–H groups in total. The molecule has 0 spiro atoms. The lowest BCUT2D eigenvalue weighted by Gasteiger charge is -2.12. The minimum Gasteiger partial charge on any atom is -0.497 e. The first-order valence-electron chi connectivity index (χ1n) is 7.62. The molecule has 0 saturated heterocycles. The number of benzene rings is 1. The Morgan fingerprint density at radius 2 is 1.89 bits per heavy atom. The molecule has 0 fully saturated rings. The number of halogens is 3. The van der Waals surface area contributed by atoms with Gasteiger partial charge in [0.15, 0.2) is 5.69 Å². The summed E-state index contributed by atoms with van der Waals surface area (Å²) in [4.78, 5) is 33.1. The van der Waals surface area contributed by atoms with Crippen LogP contribution < -0.4 is 16.0 Å². The standard InChI is InChI=1S/C17H13F3N4O3/c1-9-8-24(16(26)23-14(9)25)15-21-12(7-13(22-15)17(18,19)20)10-4-3-5-11(6-10)27-2/h3-8H,1-2H3,(H,23,25,26). The third-order valence-electron chi connectivity index (χ3n) is 3.71. The Kier molecular flexibility index (Phi) is 4.56. The van der Waals surface area contributed by atoms with Crippen LogP contribution >= 0.6 is 0 Å². The van der Waals surface area contributed by atoms with Gasteiger partial charge in [0.25, 0.3) is 5.56 Å². The van der Waals surface area contributed by atoms with E-state index in [4.69, 9.17) is 4.74 Å². The third kappa shape index (κ3) is 3.73. The van der Waals surface area contributed by atoms with E-state index in [-0.39, 0.29) is 11.3 Å². The number of aromatic amines is 1. The van der Waals surface area contributed by atoms with Crippen molar-refractivity contribution in [3.63, 3.8) is 0 Å².